The topological polar surface area (TPSA) is 46.4 Å². The Morgan fingerprint density at radius 3 is 2.50 bits per heavy atom. The zero-order chi connectivity index (χ0) is 10.6. The molecule has 0 amide bonds. The number of nitrogens with zero attached hydrogens (tertiary/aromatic N) is 2. The van der Waals surface area contributed by atoms with Gasteiger partial charge in [-0.25, -0.2) is 10.1 Å². The van der Waals surface area contributed by atoms with Crippen molar-refractivity contribution in [3.05, 3.63) is 39.9 Å². The number of aryl methyl sites for hydroxylation is 1. The average molecular weight is 194 g/mol. The maximum atomic E-state index is 10.7. The van der Waals surface area contributed by atoms with E-state index < -0.39 is 0 Å². The molecule has 4 nitrogen and oxygen atoms in total. The molecule has 0 saturated carbocycles. The third-order valence-electron chi connectivity index (χ3n) is 2.15. The summed E-state index contributed by atoms with van der Waals surface area (Å²) in [7, 11) is 0. The minimum atomic E-state index is -0.367. The lowest BCUT2D eigenvalue weighted by Gasteiger charge is -2.14. The normalized spacial score (nSPS) is 9.86. The molecule has 0 aliphatic carbocycles. The molecule has 1 aromatic rings. The molecular weight excluding hydrogens is 180 g/mol. The van der Waals surface area contributed by atoms with E-state index in [2.05, 4.69) is 0 Å². The summed E-state index contributed by atoms with van der Waals surface area (Å²) in [6, 6.07) is 7.42. The quantitative estimate of drug-likeness (QED) is 0.545. The van der Waals surface area contributed by atoms with Crippen LogP contribution in [0.15, 0.2) is 24.3 Å². The Hall–Kier alpha value is -1.58. The smallest absolute Gasteiger partial charge is 0.165 e. The summed E-state index contributed by atoms with van der Waals surface area (Å²) in [5.41, 5.74) is 1.70. The molecule has 0 atom stereocenters. The lowest BCUT2D eigenvalue weighted by atomic mass is 10.1. The molecule has 0 spiro atoms. The molecule has 0 fully saturated rings. The van der Waals surface area contributed by atoms with E-state index in [1.54, 1.807) is 13.0 Å². The van der Waals surface area contributed by atoms with Gasteiger partial charge in [-0.15, -0.1) is 0 Å². The maximum Gasteiger partial charge on any atom is 0.165 e. The SMILES string of the molecule is CCc1ccccc1N(CC)[N+](=O)[O-]. The maximum absolute atomic E-state index is 10.7. The van der Waals surface area contributed by atoms with Crippen LogP contribution in [0, 0.1) is 10.1 Å². The molecule has 0 unspecified atom stereocenters. The molecule has 0 N–H and O–H groups in total. The Morgan fingerprint density at radius 1 is 1.36 bits per heavy atom. The van der Waals surface area contributed by atoms with Crippen LogP contribution >= 0.6 is 0 Å². The molecule has 1 aromatic carbocycles. The minimum absolute atomic E-state index is 0.367. The zero-order valence-electron chi connectivity index (χ0n) is 8.43. The Labute approximate surface area is 83.3 Å². The summed E-state index contributed by atoms with van der Waals surface area (Å²) >= 11 is 0. The second-order valence-corrected chi connectivity index (χ2v) is 2.94. The molecule has 0 saturated heterocycles. The van der Waals surface area contributed by atoms with Gasteiger partial charge in [0.1, 0.15) is 5.69 Å². The molecule has 0 aliphatic rings. The van der Waals surface area contributed by atoms with Gasteiger partial charge in [-0.2, -0.15) is 0 Å². The van der Waals surface area contributed by atoms with Crippen molar-refractivity contribution in [1.82, 2.24) is 0 Å². The molecule has 0 aliphatic heterocycles. The number of hydrogen-bond donors (Lipinski definition) is 0. The minimum Gasteiger partial charge on any atom is -0.234 e. The van der Waals surface area contributed by atoms with Crippen molar-refractivity contribution in [1.29, 1.82) is 0 Å². The third-order valence-corrected chi connectivity index (χ3v) is 2.15. The predicted octanol–water partition coefficient (Wildman–Crippen LogP) is 2.27. The van der Waals surface area contributed by atoms with Crippen molar-refractivity contribution >= 4 is 5.69 Å². The summed E-state index contributed by atoms with van der Waals surface area (Å²) in [5.74, 6) is 0. The lowest BCUT2D eigenvalue weighted by molar-refractivity contribution is -0.494. The van der Waals surface area contributed by atoms with Gasteiger partial charge in [0.15, 0.2) is 5.03 Å². The van der Waals surface area contributed by atoms with Gasteiger partial charge in [-0.1, -0.05) is 30.1 Å². The van der Waals surface area contributed by atoms with Crippen LogP contribution in [-0.2, 0) is 6.42 Å². The third kappa shape index (κ3) is 2.02. The van der Waals surface area contributed by atoms with Gasteiger partial charge in [0.25, 0.3) is 0 Å². The van der Waals surface area contributed by atoms with Crippen molar-refractivity contribution in [2.24, 2.45) is 0 Å². The van der Waals surface area contributed by atoms with E-state index in [0.29, 0.717) is 12.2 Å². The van der Waals surface area contributed by atoms with E-state index in [9.17, 15) is 10.1 Å². The van der Waals surface area contributed by atoms with Crippen LogP contribution < -0.4 is 5.01 Å². The Balaban J connectivity index is 3.08. The molecule has 14 heavy (non-hydrogen) atoms. The summed E-state index contributed by atoms with van der Waals surface area (Å²) in [5, 5.41) is 11.5. The number of nitro groups is 1. The Morgan fingerprint density at radius 2 is 2.00 bits per heavy atom. The van der Waals surface area contributed by atoms with Gasteiger partial charge in [0.05, 0.1) is 6.54 Å². The first kappa shape index (κ1) is 10.5. The molecular formula is C10H14N2O2. The predicted molar refractivity (Wildman–Crippen MR) is 55.8 cm³/mol. The van der Waals surface area contributed by atoms with Crippen LogP contribution in [0.2, 0.25) is 0 Å². The van der Waals surface area contributed by atoms with Crippen LogP contribution in [0.25, 0.3) is 0 Å². The van der Waals surface area contributed by atoms with E-state index in [4.69, 9.17) is 0 Å². The lowest BCUT2D eigenvalue weighted by Crippen LogP contribution is -2.30. The van der Waals surface area contributed by atoms with E-state index in [1.807, 2.05) is 25.1 Å². The molecule has 0 heterocycles. The second-order valence-electron chi connectivity index (χ2n) is 2.94. The fourth-order valence-corrected chi connectivity index (χ4v) is 1.44. The number of benzene rings is 1. The standard InChI is InChI=1S/C10H14N2O2/c1-3-9-7-5-6-8-10(9)11(4-2)12(13)14/h5-8H,3-4H2,1-2H3. The first-order valence-electron chi connectivity index (χ1n) is 4.70. The second kappa shape index (κ2) is 4.60. The zero-order valence-corrected chi connectivity index (χ0v) is 8.43. The van der Waals surface area contributed by atoms with Crippen molar-refractivity contribution in [2.45, 2.75) is 20.3 Å². The molecule has 0 bridgehead atoms. The highest BCUT2D eigenvalue weighted by Gasteiger charge is 2.16. The van der Waals surface area contributed by atoms with Crippen molar-refractivity contribution in [3.8, 4) is 0 Å². The van der Waals surface area contributed by atoms with Gasteiger partial charge >= 0.3 is 0 Å². The average Bonchev–Trinajstić information content (AvgIpc) is 2.19. The monoisotopic (exact) mass is 194 g/mol. The summed E-state index contributed by atoms with van der Waals surface area (Å²) < 4.78 is 0. The van der Waals surface area contributed by atoms with Crippen molar-refractivity contribution in [2.75, 3.05) is 11.6 Å². The summed E-state index contributed by atoms with van der Waals surface area (Å²) in [4.78, 5) is 10.7. The fourth-order valence-electron chi connectivity index (χ4n) is 1.44. The van der Waals surface area contributed by atoms with Gasteiger partial charge < -0.3 is 0 Å². The van der Waals surface area contributed by atoms with E-state index in [1.165, 1.54) is 5.01 Å². The highest BCUT2D eigenvalue weighted by atomic mass is 16.7. The number of rotatable bonds is 4. The summed E-state index contributed by atoms with van der Waals surface area (Å²) in [6.07, 6.45) is 0.806. The van der Waals surface area contributed by atoms with Gasteiger partial charge in [-0.05, 0) is 25.0 Å². The molecule has 0 aromatic heterocycles. The van der Waals surface area contributed by atoms with Crippen molar-refractivity contribution in [3.63, 3.8) is 0 Å². The van der Waals surface area contributed by atoms with Gasteiger partial charge in [-0.3, -0.25) is 0 Å². The molecule has 76 valence electrons. The summed E-state index contributed by atoms with van der Waals surface area (Å²) in [6.45, 7) is 4.14. The number of para-hydroxylation sites is 1. The van der Waals surface area contributed by atoms with E-state index >= 15 is 0 Å². The number of hydrazine groups is 1. The molecule has 4 heteroatoms. The van der Waals surface area contributed by atoms with Crippen LogP contribution in [-0.4, -0.2) is 11.6 Å². The van der Waals surface area contributed by atoms with Crippen molar-refractivity contribution < 1.29 is 5.03 Å². The highest BCUT2D eigenvalue weighted by molar-refractivity contribution is 5.51. The van der Waals surface area contributed by atoms with E-state index in [-0.39, 0.29) is 5.03 Å². The first-order valence-corrected chi connectivity index (χ1v) is 4.70. The highest BCUT2D eigenvalue weighted by Crippen LogP contribution is 2.20. The van der Waals surface area contributed by atoms with Gasteiger partial charge in [0, 0.05) is 0 Å². The number of hydrogen-bond acceptors (Lipinski definition) is 2. The fraction of sp³-hybridized carbons (Fsp3) is 0.400. The Bertz CT molecular complexity index is 326. The van der Waals surface area contributed by atoms with Crippen LogP contribution in [0.1, 0.15) is 19.4 Å². The van der Waals surface area contributed by atoms with Crippen LogP contribution in [0.3, 0.4) is 0 Å². The van der Waals surface area contributed by atoms with E-state index in [0.717, 1.165) is 12.0 Å². The first-order chi connectivity index (χ1) is 6.70. The number of anilines is 1. The van der Waals surface area contributed by atoms with Gasteiger partial charge in [0.2, 0.25) is 0 Å². The van der Waals surface area contributed by atoms with Crippen LogP contribution in [0.5, 0.6) is 0 Å². The molecule has 1 rings (SSSR count). The van der Waals surface area contributed by atoms with Crippen LogP contribution in [0.4, 0.5) is 5.69 Å². The largest absolute Gasteiger partial charge is 0.234 e. The molecule has 0 radical (unpaired) electrons. The Kier molecular flexibility index (Phi) is 3.45.